The predicted molar refractivity (Wildman–Crippen MR) is 69.8 cm³/mol. The molecule has 0 aliphatic carbocycles. The highest BCUT2D eigenvalue weighted by atomic mass is 15.0. The molecule has 3 heterocycles. The zero-order valence-electron chi connectivity index (χ0n) is 10.5. The van der Waals surface area contributed by atoms with Gasteiger partial charge in [-0.1, -0.05) is 13.3 Å². The summed E-state index contributed by atoms with van der Waals surface area (Å²) in [6.07, 6.45) is 5.69. The maximum absolute atomic E-state index is 4.73. The molecular weight excluding hydrogens is 224 g/mol. The van der Waals surface area contributed by atoms with Gasteiger partial charge in [-0.2, -0.15) is 0 Å². The number of nitrogens with zero attached hydrogens (tertiary/aromatic N) is 3. The molecule has 92 valence electrons. The molecule has 0 saturated heterocycles. The SMILES string of the molecule is CCCc1nc(-c2ccncc2)nc2c1CNC2. The van der Waals surface area contributed by atoms with E-state index in [2.05, 4.69) is 22.2 Å². The minimum Gasteiger partial charge on any atom is -0.307 e. The third kappa shape index (κ3) is 1.99. The second kappa shape index (κ2) is 4.82. The van der Waals surface area contributed by atoms with Crippen molar-refractivity contribution in [3.05, 3.63) is 41.5 Å². The number of hydrogen-bond donors (Lipinski definition) is 1. The quantitative estimate of drug-likeness (QED) is 0.892. The molecule has 0 amide bonds. The Labute approximate surface area is 107 Å². The molecule has 0 saturated carbocycles. The van der Waals surface area contributed by atoms with Crippen molar-refractivity contribution in [2.24, 2.45) is 0 Å². The van der Waals surface area contributed by atoms with Crippen LogP contribution in [0.1, 0.15) is 30.3 Å². The van der Waals surface area contributed by atoms with E-state index in [0.29, 0.717) is 0 Å². The molecule has 0 unspecified atom stereocenters. The van der Waals surface area contributed by atoms with Crippen molar-refractivity contribution in [1.82, 2.24) is 20.3 Å². The van der Waals surface area contributed by atoms with Crippen molar-refractivity contribution in [2.45, 2.75) is 32.9 Å². The van der Waals surface area contributed by atoms with Crippen LogP contribution in [0, 0.1) is 0 Å². The van der Waals surface area contributed by atoms with E-state index in [1.807, 2.05) is 12.1 Å². The summed E-state index contributed by atoms with van der Waals surface area (Å²) >= 11 is 0. The van der Waals surface area contributed by atoms with Crippen molar-refractivity contribution >= 4 is 0 Å². The lowest BCUT2D eigenvalue weighted by atomic mass is 10.1. The normalized spacial score (nSPS) is 13.6. The van der Waals surface area contributed by atoms with Gasteiger partial charge in [0.25, 0.3) is 0 Å². The van der Waals surface area contributed by atoms with E-state index in [-0.39, 0.29) is 0 Å². The minimum atomic E-state index is 0.823. The first-order chi connectivity index (χ1) is 8.88. The first kappa shape index (κ1) is 11.3. The Kier molecular flexibility index (Phi) is 3.02. The summed E-state index contributed by atoms with van der Waals surface area (Å²) in [5.74, 6) is 0.823. The van der Waals surface area contributed by atoms with Crippen molar-refractivity contribution in [3.8, 4) is 11.4 Å². The molecule has 1 aliphatic heterocycles. The average molecular weight is 240 g/mol. The Morgan fingerprint density at radius 3 is 2.78 bits per heavy atom. The second-order valence-corrected chi connectivity index (χ2v) is 4.51. The fraction of sp³-hybridized carbons (Fsp3) is 0.357. The van der Waals surface area contributed by atoms with Gasteiger partial charge < -0.3 is 5.32 Å². The summed E-state index contributed by atoms with van der Waals surface area (Å²) < 4.78 is 0. The summed E-state index contributed by atoms with van der Waals surface area (Å²) in [4.78, 5) is 13.4. The first-order valence-corrected chi connectivity index (χ1v) is 6.38. The molecule has 0 aromatic carbocycles. The van der Waals surface area contributed by atoms with Crippen LogP contribution in [-0.2, 0) is 19.5 Å². The largest absolute Gasteiger partial charge is 0.307 e. The zero-order valence-corrected chi connectivity index (χ0v) is 10.5. The number of fused-ring (bicyclic) bond motifs is 1. The topological polar surface area (TPSA) is 50.7 Å². The van der Waals surface area contributed by atoms with Crippen LogP contribution in [0.2, 0.25) is 0 Å². The Hall–Kier alpha value is -1.81. The molecule has 2 aromatic rings. The maximum atomic E-state index is 4.73. The van der Waals surface area contributed by atoms with Crippen LogP contribution in [-0.4, -0.2) is 15.0 Å². The van der Waals surface area contributed by atoms with Gasteiger partial charge in [-0.25, -0.2) is 9.97 Å². The number of pyridine rings is 1. The fourth-order valence-corrected chi connectivity index (χ4v) is 2.31. The highest BCUT2D eigenvalue weighted by molar-refractivity contribution is 5.55. The number of aromatic nitrogens is 3. The fourth-order valence-electron chi connectivity index (χ4n) is 2.31. The van der Waals surface area contributed by atoms with Crippen LogP contribution in [0.15, 0.2) is 24.5 Å². The van der Waals surface area contributed by atoms with Gasteiger partial charge in [-0.3, -0.25) is 4.98 Å². The summed E-state index contributed by atoms with van der Waals surface area (Å²) in [7, 11) is 0. The summed E-state index contributed by atoms with van der Waals surface area (Å²) in [5.41, 5.74) is 4.69. The standard InChI is InChI=1S/C14H16N4/c1-2-3-12-11-8-16-9-13(11)18-14(17-12)10-4-6-15-7-5-10/h4-7,16H,2-3,8-9H2,1H3. The van der Waals surface area contributed by atoms with Crippen molar-refractivity contribution in [1.29, 1.82) is 0 Å². The molecule has 4 nitrogen and oxygen atoms in total. The number of rotatable bonds is 3. The predicted octanol–water partition coefficient (Wildman–Crippen LogP) is 2.09. The minimum absolute atomic E-state index is 0.823. The van der Waals surface area contributed by atoms with Crippen molar-refractivity contribution in [3.63, 3.8) is 0 Å². The molecule has 18 heavy (non-hydrogen) atoms. The van der Waals surface area contributed by atoms with E-state index < -0.39 is 0 Å². The molecule has 3 rings (SSSR count). The third-order valence-corrected chi connectivity index (χ3v) is 3.20. The molecule has 4 heteroatoms. The molecule has 0 fully saturated rings. The summed E-state index contributed by atoms with van der Waals surface area (Å²) in [5, 5.41) is 3.35. The zero-order chi connectivity index (χ0) is 12.4. The monoisotopic (exact) mass is 240 g/mol. The van der Waals surface area contributed by atoms with Gasteiger partial charge in [0, 0.05) is 42.3 Å². The van der Waals surface area contributed by atoms with Gasteiger partial charge in [-0.15, -0.1) is 0 Å². The van der Waals surface area contributed by atoms with E-state index in [1.54, 1.807) is 12.4 Å². The molecule has 0 radical (unpaired) electrons. The maximum Gasteiger partial charge on any atom is 0.159 e. The van der Waals surface area contributed by atoms with Gasteiger partial charge in [-0.05, 0) is 18.6 Å². The number of nitrogens with one attached hydrogen (secondary N) is 1. The molecule has 0 bridgehead atoms. The van der Waals surface area contributed by atoms with Crippen LogP contribution < -0.4 is 5.32 Å². The van der Waals surface area contributed by atoms with Gasteiger partial charge >= 0.3 is 0 Å². The Morgan fingerprint density at radius 1 is 1.17 bits per heavy atom. The average Bonchev–Trinajstić information content (AvgIpc) is 2.88. The molecule has 1 aliphatic rings. The number of hydrogen-bond acceptors (Lipinski definition) is 4. The van der Waals surface area contributed by atoms with Crippen LogP contribution in [0.25, 0.3) is 11.4 Å². The highest BCUT2D eigenvalue weighted by Gasteiger charge is 2.18. The van der Waals surface area contributed by atoms with Gasteiger partial charge in [0.15, 0.2) is 5.82 Å². The van der Waals surface area contributed by atoms with Crippen LogP contribution >= 0.6 is 0 Å². The summed E-state index contributed by atoms with van der Waals surface area (Å²) in [6, 6.07) is 3.92. The lowest BCUT2D eigenvalue weighted by Gasteiger charge is -2.08. The smallest absolute Gasteiger partial charge is 0.159 e. The van der Waals surface area contributed by atoms with Gasteiger partial charge in [0.1, 0.15) is 0 Å². The summed E-state index contributed by atoms with van der Waals surface area (Å²) in [6.45, 7) is 3.94. The first-order valence-electron chi connectivity index (χ1n) is 6.38. The Bertz CT molecular complexity index is 551. The molecule has 1 N–H and O–H groups in total. The van der Waals surface area contributed by atoms with Crippen molar-refractivity contribution < 1.29 is 0 Å². The lowest BCUT2D eigenvalue weighted by molar-refractivity contribution is 0.753. The third-order valence-electron chi connectivity index (χ3n) is 3.20. The highest BCUT2D eigenvalue weighted by Crippen LogP contribution is 2.22. The van der Waals surface area contributed by atoms with Crippen LogP contribution in [0.5, 0.6) is 0 Å². The molecular formula is C14H16N4. The van der Waals surface area contributed by atoms with Crippen LogP contribution in [0.3, 0.4) is 0 Å². The van der Waals surface area contributed by atoms with Gasteiger partial charge in [0.2, 0.25) is 0 Å². The Morgan fingerprint density at radius 2 is 2.00 bits per heavy atom. The molecule has 0 spiro atoms. The Balaban J connectivity index is 2.09. The van der Waals surface area contributed by atoms with Gasteiger partial charge in [0.05, 0.1) is 5.69 Å². The van der Waals surface area contributed by atoms with E-state index in [9.17, 15) is 0 Å². The van der Waals surface area contributed by atoms with Crippen LogP contribution in [0.4, 0.5) is 0 Å². The molecule has 0 atom stereocenters. The second-order valence-electron chi connectivity index (χ2n) is 4.51. The van der Waals surface area contributed by atoms with E-state index in [4.69, 9.17) is 4.98 Å². The van der Waals surface area contributed by atoms with E-state index >= 15 is 0 Å². The van der Waals surface area contributed by atoms with E-state index in [1.165, 1.54) is 11.3 Å². The lowest BCUT2D eigenvalue weighted by Crippen LogP contribution is -2.03. The molecule has 2 aromatic heterocycles. The van der Waals surface area contributed by atoms with E-state index in [0.717, 1.165) is 43.0 Å². The number of aryl methyl sites for hydroxylation is 1. The van der Waals surface area contributed by atoms with Crippen molar-refractivity contribution in [2.75, 3.05) is 0 Å².